The van der Waals surface area contributed by atoms with E-state index in [-0.39, 0.29) is 5.41 Å². The Labute approximate surface area is 143 Å². The number of methoxy groups -OCH3 is 1. The van der Waals surface area contributed by atoms with E-state index in [1.54, 1.807) is 7.11 Å². The fourth-order valence-corrected chi connectivity index (χ4v) is 4.30. The quantitative estimate of drug-likeness (QED) is 0.911. The summed E-state index contributed by atoms with van der Waals surface area (Å²) in [6.07, 6.45) is 3.39. The van der Waals surface area contributed by atoms with Crippen molar-refractivity contribution in [2.24, 2.45) is 5.41 Å². The summed E-state index contributed by atoms with van der Waals surface area (Å²) in [5, 5.41) is 3.78. The zero-order valence-electron chi connectivity index (χ0n) is 14.2. The third kappa shape index (κ3) is 2.90. The minimum absolute atomic E-state index is 0.282. The van der Waals surface area contributed by atoms with Crippen LogP contribution in [0.1, 0.15) is 41.5 Å². The summed E-state index contributed by atoms with van der Waals surface area (Å²) in [5.74, 6) is 1.84. The molecule has 1 fully saturated rings. The lowest BCUT2D eigenvalue weighted by Gasteiger charge is -2.39. The second-order valence-corrected chi connectivity index (χ2v) is 6.97. The van der Waals surface area contributed by atoms with Crippen LogP contribution < -0.4 is 5.32 Å². The summed E-state index contributed by atoms with van der Waals surface area (Å²) in [7, 11) is 1.69. The Kier molecular flexibility index (Phi) is 4.44. The van der Waals surface area contributed by atoms with E-state index in [0.717, 1.165) is 50.5 Å². The molecule has 0 radical (unpaired) electrons. The van der Waals surface area contributed by atoms with Gasteiger partial charge in [-0.1, -0.05) is 24.3 Å². The van der Waals surface area contributed by atoms with E-state index in [1.165, 1.54) is 11.1 Å². The van der Waals surface area contributed by atoms with Crippen LogP contribution in [-0.2, 0) is 29.0 Å². The van der Waals surface area contributed by atoms with Crippen LogP contribution in [0.5, 0.6) is 0 Å². The summed E-state index contributed by atoms with van der Waals surface area (Å²) < 4.78 is 16.6. The van der Waals surface area contributed by atoms with Crippen molar-refractivity contribution in [2.75, 3.05) is 20.3 Å². The molecule has 1 atom stereocenters. The van der Waals surface area contributed by atoms with Gasteiger partial charge in [-0.2, -0.15) is 0 Å². The first-order valence-electron chi connectivity index (χ1n) is 8.76. The van der Waals surface area contributed by atoms with Crippen molar-refractivity contribution >= 4 is 0 Å². The molecule has 1 aromatic heterocycles. The van der Waals surface area contributed by atoms with Crippen molar-refractivity contribution in [3.63, 3.8) is 0 Å². The highest BCUT2D eigenvalue weighted by Crippen LogP contribution is 2.51. The van der Waals surface area contributed by atoms with E-state index < -0.39 is 0 Å². The van der Waals surface area contributed by atoms with Crippen LogP contribution in [0.2, 0.25) is 0 Å². The summed E-state index contributed by atoms with van der Waals surface area (Å²) >= 11 is 0. The first kappa shape index (κ1) is 15.9. The average Bonchev–Trinajstić information content (AvgIpc) is 3.16. The molecule has 1 aromatic carbocycles. The summed E-state index contributed by atoms with van der Waals surface area (Å²) in [4.78, 5) is 0. The van der Waals surface area contributed by atoms with Gasteiger partial charge in [-0.15, -0.1) is 0 Å². The largest absolute Gasteiger partial charge is 0.462 e. The maximum Gasteiger partial charge on any atom is 0.129 e. The molecule has 128 valence electrons. The van der Waals surface area contributed by atoms with Gasteiger partial charge in [0, 0.05) is 26.4 Å². The van der Waals surface area contributed by atoms with E-state index in [0.29, 0.717) is 12.6 Å². The SMILES string of the molecule is COCc1ccc(CNC2c3ccccc3CC23CCOCC3)o1. The van der Waals surface area contributed by atoms with Crippen LogP contribution in [0.25, 0.3) is 0 Å². The predicted octanol–water partition coefficient (Wildman–Crippen LogP) is 3.61. The molecule has 2 aromatic rings. The van der Waals surface area contributed by atoms with Gasteiger partial charge in [0.2, 0.25) is 0 Å². The van der Waals surface area contributed by atoms with Gasteiger partial charge >= 0.3 is 0 Å². The van der Waals surface area contributed by atoms with Crippen molar-refractivity contribution in [3.05, 3.63) is 59.0 Å². The van der Waals surface area contributed by atoms with Crippen molar-refractivity contribution < 1.29 is 13.9 Å². The molecule has 4 nitrogen and oxygen atoms in total. The lowest BCUT2D eigenvalue weighted by molar-refractivity contribution is -0.000533. The van der Waals surface area contributed by atoms with Crippen LogP contribution in [0.4, 0.5) is 0 Å². The maximum atomic E-state index is 5.84. The highest BCUT2D eigenvalue weighted by atomic mass is 16.5. The monoisotopic (exact) mass is 327 g/mol. The zero-order chi connectivity index (χ0) is 16.4. The first-order valence-corrected chi connectivity index (χ1v) is 8.76. The van der Waals surface area contributed by atoms with Crippen LogP contribution in [-0.4, -0.2) is 20.3 Å². The number of benzene rings is 1. The van der Waals surface area contributed by atoms with E-state index >= 15 is 0 Å². The van der Waals surface area contributed by atoms with Gasteiger partial charge in [-0.25, -0.2) is 0 Å². The Morgan fingerprint density at radius 1 is 1.12 bits per heavy atom. The smallest absolute Gasteiger partial charge is 0.129 e. The molecule has 4 rings (SSSR count). The number of hydrogen-bond donors (Lipinski definition) is 1. The predicted molar refractivity (Wildman–Crippen MR) is 91.6 cm³/mol. The fraction of sp³-hybridized carbons (Fsp3) is 0.500. The molecule has 0 saturated carbocycles. The highest BCUT2D eigenvalue weighted by molar-refractivity contribution is 5.38. The van der Waals surface area contributed by atoms with E-state index in [2.05, 4.69) is 29.6 Å². The molecule has 24 heavy (non-hydrogen) atoms. The third-order valence-electron chi connectivity index (χ3n) is 5.49. The topological polar surface area (TPSA) is 43.6 Å². The molecular formula is C20H25NO3. The molecule has 1 unspecified atom stereocenters. The van der Waals surface area contributed by atoms with E-state index in [9.17, 15) is 0 Å². The van der Waals surface area contributed by atoms with Crippen molar-refractivity contribution in [1.29, 1.82) is 0 Å². The van der Waals surface area contributed by atoms with Gasteiger partial charge in [0.05, 0.1) is 6.54 Å². The van der Waals surface area contributed by atoms with Gasteiger partial charge in [-0.05, 0) is 47.9 Å². The summed E-state index contributed by atoms with van der Waals surface area (Å²) in [6.45, 7) is 2.99. The summed E-state index contributed by atoms with van der Waals surface area (Å²) in [5.41, 5.74) is 3.21. The molecule has 1 aliphatic carbocycles. The number of hydrogen-bond acceptors (Lipinski definition) is 4. The Morgan fingerprint density at radius 3 is 2.75 bits per heavy atom. The van der Waals surface area contributed by atoms with Gasteiger partial charge in [0.15, 0.2) is 0 Å². The number of ether oxygens (including phenoxy) is 2. The molecule has 2 heterocycles. The first-order chi connectivity index (χ1) is 11.8. The van der Waals surface area contributed by atoms with Gasteiger partial charge in [0.25, 0.3) is 0 Å². The zero-order valence-corrected chi connectivity index (χ0v) is 14.2. The molecule has 1 aliphatic heterocycles. The van der Waals surface area contributed by atoms with Crippen LogP contribution >= 0.6 is 0 Å². The third-order valence-corrected chi connectivity index (χ3v) is 5.49. The Bertz CT molecular complexity index is 688. The number of furan rings is 1. The molecule has 1 spiro atoms. The standard InChI is InChI=1S/C20H25NO3/c1-22-14-17-7-6-16(24-17)13-21-19-18-5-3-2-4-15(18)12-20(19)8-10-23-11-9-20/h2-7,19,21H,8-14H2,1H3. The van der Waals surface area contributed by atoms with Gasteiger partial charge in [0.1, 0.15) is 18.1 Å². The average molecular weight is 327 g/mol. The molecule has 0 amide bonds. The lowest BCUT2D eigenvalue weighted by atomic mass is 9.74. The minimum Gasteiger partial charge on any atom is -0.462 e. The lowest BCUT2D eigenvalue weighted by Crippen LogP contribution is -2.39. The second-order valence-electron chi connectivity index (χ2n) is 6.97. The summed E-state index contributed by atoms with van der Waals surface area (Å²) in [6, 6.07) is 13.3. The number of nitrogens with one attached hydrogen (secondary N) is 1. The van der Waals surface area contributed by atoms with Crippen LogP contribution in [0.15, 0.2) is 40.8 Å². The van der Waals surface area contributed by atoms with E-state index in [4.69, 9.17) is 13.9 Å². The highest BCUT2D eigenvalue weighted by Gasteiger charge is 2.46. The minimum atomic E-state index is 0.282. The molecule has 2 aliphatic rings. The molecule has 4 heteroatoms. The molecular weight excluding hydrogens is 302 g/mol. The molecule has 1 saturated heterocycles. The van der Waals surface area contributed by atoms with Gasteiger partial charge in [-0.3, -0.25) is 0 Å². The molecule has 0 bridgehead atoms. The Hall–Kier alpha value is -1.62. The van der Waals surface area contributed by atoms with Crippen molar-refractivity contribution in [1.82, 2.24) is 5.32 Å². The fourth-order valence-electron chi connectivity index (χ4n) is 4.30. The number of fused-ring (bicyclic) bond motifs is 1. The van der Waals surface area contributed by atoms with Gasteiger partial charge < -0.3 is 19.2 Å². The van der Waals surface area contributed by atoms with E-state index in [1.807, 2.05) is 12.1 Å². The normalized spacial score (nSPS) is 22.0. The Morgan fingerprint density at radius 2 is 1.92 bits per heavy atom. The molecule has 1 N–H and O–H groups in total. The van der Waals surface area contributed by atoms with Crippen molar-refractivity contribution in [3.8, 4) is 0 Å². The second kappa shape index (κ2) is 6.71. The number of rotatable bonds is 5. The maximum absolute atomic E-state index is 5.84. The van der Waals surface area contributed by atoms with Crippen molar-refractivity contribution in [2.45, 2.75) is 38.5 Å². The van der Waals surface area contributed by atoms with Crippen LogP contribution in [0, 0.1) is 5.41 Å². The Balaban J connectivity index is 1.53. The van der Waals surface area contributed by atoms with Crippen LogP contribution in [0.3, 0.4) is 0 Å².